The van der Waals surface area contributed by atoms with Crippen LogP contribution in [0.15, 0.2) is 43.2 Å². The number of aliphatic hydroxyl groups is 1. The van der Waals surface area contributed by atoms with Gasteiger partial charge >= 0.3 is 0 Å². The van der Waals surface area contributed by atoms with Gasteiger partial charge in [0.05, 0.1) is 6.61 Å². The topological polar surface area (TPSA) is 45.2 Å². The highest BCUT2D eigenvalue weighted by Crippen LogP contribution is 2.26. The van der Waals surface area contributed by atoms with E-state index in [9.17, 15) is 0 Å². The van der Waals surface area contributed by atoms with Gasteiger partial charge in [-0.2, -0.15) is 0 Å². The molecule has 0 aliphatic carbocycles. The van der Waals surface area contributed by atoms with Crippen LogP contribution in [-0.2, 0) is 6.61 Å². The molecule has 18 heavy (non-hydrogen) atoms. The van der Waals surface area contributed by atoms with Gasteiger partial charge in [-0.25, -0.2) is 0 Å². The molecule has 1 heterocycles. The first-order valence-electron chi connectivity index (χ1n) is 5.78. The van der Waals surface area contributed by atoms with Crippen molar-refractivity contribution in [2.75, 3.05) is 12.4 Å². The fourth-order valence-electron chi connectivity index (χ4n) is 1.86. The molecule has 0 atom stereocenters. The Balaban J connectivity index is 2.47. The molecule has 2 rings (SSSR count). The third kappa shape index (κ3) is 2.41. The van der Waals surface area contributed by atoms with Crippen LogP contribution in [0.2, 0.25) is 0 Å². The van der Waals surface area contributed by atoms with Crippen molar-refractivity contribution in [3.05, 3.63) is 54.4 Å². The van der Waals surface area contributed by atoms with E-state index in [4.69, 9.17) is 5.11 Å². The Kier molecular flexibility index (Phi) is 3.75. The van der Waals surface area contributed by atoms with Gasteiger partial charge < -0.3 is 10.4 Å². The van der Waals surface area contributed by atoms with Crippen molar-refractivity contribution < 1.29 is 5.11 Å². The number of rotatable bonds is 4. The molecule has 3 heteroatoms. The fourth-order valence-corrected chi connectivity index (χ4v) is 1.86. The predicted molar refractivity (Wildman–Crippen MR) is 75.2 cm³/mol. The van der Waals surface area contributed by atoms with E-state index in [1.54, 1.807) is 12.4 Å². The van der Waals surface area contributed by atoms with Crippen molar-refractivity contribution in [2.24, 2.45) is 0 Å². The highest BCUT2D eigenvalue weighted by Gasteiger charge is 2.03. The molecule has 0 unspecified atom stereocenters. The number of aliphatic hydroxyl groups excluding tert-OH is 1. The van der Waals surface area contributed by atoms with E-state index in [1.807, 2.05) is 31.3 Å². The number of nitrogens with zero attached hydrogens (tertiary/aromatic N) is 1. The average Bonchev–Trinajstić information content (AvgIpc) is 2.46. The Morgan fingerprint density at radius 2 is 2.11 bits per heavy atom. The molecule has 0 aliphatic rings. The van der Waals surface area contributed by atoms with Crippen LogP contribution in [0.25, 0.3) is 17.2 Å². The van der Waals surface area contributed by atoms with Gasteiger partial charge in [0.1, 0.15) is 0 Å². The highest BCUT2D eigenvalue weighted by atomic mass is 16.3. The second-order valence-corrected chi connectivity index (χ2v) is 4.00. The van der Waals surface area contributed by atoms with Crippen molar-refractivity contribution in [1.82, 2.24) is 4.98 Å². The van der Waals surface area contributed by atoms with Gasteiger partial charge in [0, 0.05) is 30.7 Å². The van der Waals surface area contributed by atoms with E-state index >= 15 is 0 Å². The van der Waals surface area contributed by atoms with Gasteiger partial charge in [0.25, 0.3) is 0 Å². The number of aromatic nitrogens is 1. The minimum atomic E-state index is 0.00443. The van der Waals surface area contributed by atoms with Gasteiger partial charge in [-0.05, 0) is 28.8 Å². The molecule has 0 fully saturated rings. The van der Waals surface area contributed by atoms with Gasteiger partial charge in [-0.1, -0.05) is 24.8 Å². The van der Waals surface area contributed by atoms with Gasteiger partial charge in [0.15, 0.2) is 0 Å². The third-order valence-corrected chi connectivity index (χ3v) is 2.85. The zero-order valence-corrected chi connectivity index (χ0v) is 10.4. The molecule has 1 aromatic carbocycles. The standard InChI is InChI=1S/C15H16N2O/c1-3-12-4-5-13(7-15(12)16-2)14-6-11(10-18)8-17-9-14/h3-9,16,18H,1,10H2,2H3. The number of hydrogen-bond donors (Lipinski definition) is 2. The number of benzene rings is 1. The molecule has 0 spiro atoms. The fraction of sp³-hybridized carbons (Fsp3) is 0.133. The maximum absolute atomic E-state index is 9.13. The van der Waals surface area contributed by atoms with Crippen LogP contribution in [0, 0.1) is 0 Å². The number of hydrogen-bond acceptors (Lipinski definition) is 3. The minimum absolute atomic E-state index is 0.00443. The largest absolute Gasteiger partial charge is 0.392 e. The van der Waals surface area contributed by atoms with Crippen molar-refractivity contribution in [1.29, 1.82) is 0 Å². The summed E-state index contributed by atoms with van der Waals surface area (Å²) in [7, 11) is 1.88. The molecule has 0 amide bonds. The lowest BCUT2D eigenvalue weighted by Gasteiger charge is -2.09. The van der Waals surface area contributed by atoms with Crippen molar-refractivity contribution in [2.45, 2.75) is 6.61 Å². The van der Waals surface area contributed by atoms with Gasteiger partial charge in [-0.3, -0.25) is 4.98 Å². The molecule has 0 saturated heterocycles. The first-order valence-corrected chi connectivity index (χ1v) is 5.78. The van der Waals surface area contributed by atoms with E-state index < -0.39 is 0 Å². The zero-order valence-electron chi connectivity index (χ0n) is 10.4. The van der Waals surface area contributed by atoms with Crippen LogP contribution in [-0.4, -0.2) is 17.1 Å². The number of pyridine rings is 1. The maximum atomic E-state index is 9.13. The summed E-state index contributed by atoms with van der Waals surface area (Å²) in [5.74, 6) is 0. The lowest BCUT2D eigenvalue weighted by molar-refractivity contribution is 0.281. The van der Waals surface area contributed by atoms with E-state index in [1.165, 1.54) is 0 Å². The smallest absolute Gasteiger partial charge is 0.0697 e. The molecule has 92 valence electrons. The maximum Gasteiger partial charge on any atom is 0.0697 e. The lowest BCUT2D eigenvalue weighted by Crippen LogP contribution is -1.93. The van der Waals surface area contributed by atoms with E-state index in [-0.39, 0.29) is 6.61 Å². The summed E-state index contributed by atoms with van der Waals surface area (Å²) in [4.78, 5) is 4.13. The van der Waals surface area contributed by atoms with E-state index in [0.717, 1.165) is 27.9 Å². The van der Waals surface area contributed by atoms with E-state index in [0.29, 0.717) is 0 Å². The zero-order chi connectivity index (χ0) is 13.0. The van der Waals surface area contributed by atoms with Crippen LogP contribution in [0.4, 0.5) is 5.69 Å². The molecular weight excluding hydrogens is 224 g/mol. The summed E-state index contributed by atoms with van der Waals surface area (Å²) >= 11 is 0. The Morgan fingerprint density at radius 1 is 1.28 bits per heavy atom. The van der Waals surface area contributed by atoms with Crippen LogP contribution < -0.4 is 5.32 Å². The Hall–Kier alpha value is -2.13. The summed E-state index contributed by atoms with van der Waals surface area (Å²) in [6.07, 6.45) is 5.28. The molecule has 2 aromatic rings. The average molecular weight is 240 g/mol. The summed E-state index contributed by atoms with van der Waals surface area (Å²) < 4.78 is 0. The lowest BCUT2D eigenvalue weighted by atomic mass is 10.0. The molecule has 1 aromatic heterocycles. The van der Waals surface area contributed by atoms with Crippen LogP contribution in [0.3, 0.4) is 0 Å². The Bertz CT molecular complexity index is 564. The van der Waals surface area contributed by atoms with Crippen LogP contribution >= 0.6 is 0 Å². The van der Waals surface area contributed by atoms with Crippen molar-refractivity contribution >= 4 is 11.8 Å². The summed E-state index contributed by atoms with van der Waals surface area (Å²) in [6, 6.07) is 8.03. The summed E-state index contributed by atoms with van der Waals surface area (Å²) in [6.45, 7) is 3.79. The number of nitrogens with one attached hydrogen (secondary N) is 1. The number of anilines is 1. The van der Waals surface area contributed by atoms with Crippen LogP contribution in [0.5, 0.6) is 0 Å². The first-order chi connectivity index (χ1) is 8.78. The third-order valence-electron chi connectivity index (χ3n) is 2.85. The van der Waals surface area contributed by atoms with Crippen molar-refractivity contribution in [3.63, 3.8) is 0 Å². The second-order valence-electron chi connectivity index (χ2n) is 4.00. The predicted octanol–water partition coefficient (Wildman–Crippen LogP) is 2.93. The SMILES string of the molecule is C=Cc1ccc(-c2cncc(CO)c2)cc1NC. The first kappa shape index (κ1) is 12.3. The molecule has 2 N–H and O–H groups in total. The molecule has 0 aliphatic heterocycles. The molecule has 0 saturated carbocycles. The highest BCUT2D eigenvalue weighted by molar-refractivity contribution is 5.74. The quantitative estimate of drug-likeness (QED) is 0.863. The Morgan fingerprint density at radius 3 is 2.78 bits per heavy atom. The van der Waals surface area contributed by atoms with Gasteiger partial charge in [-0.15, -0.1) is 0 Å². The summed E-state index contributed by atoms with van der Waals surface area (Å²) in [5, 5.41) is 12.3. The normalized spacial score (nSPS) is 10.1. The Labute approximate surface area is 107 Å². The molecule has 0 bridgehead atoms. The monoisotopic (exact) mass is 240 g/mol. The van der Waals surface area contributed by atoms with Crippen molar-refractivity contribution in [3.8, 4) is 11.1 Å². The van der Waals surface area contributed by atoms with E-state index in [2.05, 4.69) is 22.9 Å². The van der Waals surface area contributed by atoms with Gasteiger partial charge in [0.2, 0.25) is 0 Å². The van der Waals surface area contributed by atoms with Crippen LogP contribution in [0.1, 0.15) is 11.1 Å². The minimum Gasteiger partial charge on any atom is -0.392 e. The molecular formula is C15H16N2O. The second kappa shape index (κ2) is 5.47. The summed E-state index contributed by atoms with van der Waals surface area (Å²) in [5.41, 5.74) is 4.96. The molecule has 0 radical (unpaired) electrons. The molecule has 3 nitrogen and oxygen atoms in total.